The predicted octanol–water partition coefficient (Wildman–Crippen LogP) is 0.787. The first-order chi connectivity index (χ1) is 9.34. The Kier molecular flexibility index (Phi) is 6.51. The fourth-order valence-electron chi connectivity index (χ4n) is 1.55. The highest BCUT2D eigenvalue weighted by atomic mass is 32.2. The number of nitrogens with two attached hydrogens (primary N) is 1. The van der Waals surface area contributed by atoms with Crippen LogP contribution in [0.2, 0.25) is 0 Å². The molecule has 1 aromatic rings. The topological polar surface area (TPSA) is 89.3 Å². The summed E-state index contributed by atoms with van der Waals surface area (Å²) in [6.07, 6.45) is 3.77. The van der Waals surface area contributed by atoms with E-state index < -0.39 is 15.9 Å². The van der Waals surface area contributed by atoms with Crippen LogP contribution in [0.5, 0.6) is 0 Å². The summed E-state index contributed by atoms with van der Waals surface area (Å²) in [5.41, 5.74) is 6.58. The number of carbonyl (C=O) groups is 1. The van der Waals surface area contributed by atoms with Gasteiger partial charge >= 0.3 is 0 Å². The Bertz CT molecular complexity index is 541. The summed E-state index contributed by atoms with van der Waals surface area (Å²) in [4.78, 5) is 12.0. The van der Waals surface area contributed by atoms with Crippen molar-refractivity contribution in [1.29, 1.82) is 0 Å². The fourth-order valence-corrected chi connectivity index (χ4v) is 2.67. The molecule has 1 rings (SSSR count). The van der Waals surface area contributed by atoms with Gasteiger partial charge in [-0.3, -0.25) is 4.79 Å². The van der Waals surface area contributed by atoms with Crippen LogP contribution >= 0.6 is 11.8 Å². The molecule has 0 aliphatic carbocycles. The Morgan fingerprint density at radius 3 is 2.45 bits per heavy atom. The molecule has 7 heteroatoms. The highest BCUT2D eigenvalue weighted by molar-refractivity contribution is 7.98. The number of nitrogens with one attached hydrogen (secondary N) is 1. The molecule has 0 aliphatic rings. The molecule has 0 saturated heterocycles. The number of thioether (sulfide) groups is 1. The molecule has 0 bridgehead atoms. The van der Waals surface area contributed by atoms with Crippen LogP contribution in [0.1, 0.15) is 12.0 Å². The van der Waals surface area contributed by atoms with Gasteiger partial charge in [0.1, 0.15) is 0 Å². The molecule has 0 heterocycles. The quantitative estimate of drug-likeness (QED) is 0.776. The van der Waals surface area contributed by atoms with Crippen LogP contribution in [0.4, 0.5) is 0 Å². The molecule has 0 fully saturated rings. The molecular formula is C13H20N2O3S2. The zero-order chi connectivity index (χ0) is 15.2. The van der Waals surface area contributed by atoms with E-state index in [1.54, 1.807) is 23.9 Å². The zero-order valence-corrected chi connectivity index (χ0v) is 13.3. The SMILES string of the molecule is CSCC[C@H](N)C(=O)NCc1ccc(S(C)(=O)=O)cc1. The third-order valence-corrected chi connectivity index (χ3v) is 4.56. The summed E-state index contributed by atoms with van der Waals surface area (Å²) >= 11 is 1.65. The van der Waals surface area contributed by atoms with Crippen LogP contribution in [-0.4, -0.2) is 38.6 Å². The summed E-state index contributed by atoms with van der Waals surface area (Å²) in [5.74, 6) is 0.656. The molecule has 1 amide bonds. The van der Waals surface area contributed by atoms with Gasteiger partial charge in [0.25, 0.3) is 0 Å². The lowest BCUT2D eigenvalue weighted by molar-refractivity contribution is -0.122. The minimum atomic E-state index is -3.18. The van der Waals surface area contributed by atoms with Crippen LogP contribution in [0.15, 0.2) is 29.2 Å². The molecule has 1 atom stereocenters. The average molecular weight is 316 g/mol. The first kappa shape index (κ1) is 17.0. The fraction of sp³-hybridized carbons (Fsp3) is 0.462. The number of hydrogen-bond acceptors (Lipinski definition) is 5. The lowest BCUT2D eigenvalue weighted by Crippen LogP contribution is -2.40. The second-order valence-corrected chi connectivity index (χ2v) is 7.52. The Balaban J connectivity index is 2.52. The lowest BCUT2D eigenvalue weighted by atomic mass is 10.2. The van der Waals surface area contributed by atoms with Crippen molar-refractivity contribution in [2.45, 2.75) is 23.9 Å². The van der Waals surface area contributed by atoms with Gasteiger partial charge in [-0.25, -0.2) is 8.42 Å². The second-order valence-electron chi connectivity index (χ2n) is 4.52. The molecule has 20 heavy (non-hydrogen) atoms. The van der Waals surface area contributed by atoms with Crippen molar-refractivity contribution in [2.75, 3.05) is 18.3 Å². The van der Waals surface area contributed by atoms with Gasteiger partial charge in [0, 0.05) is 12.8 Å². The van der Waals surface area contributed by atoms with Crippen molar-refractivity contribution in [1.82, 2.24) is 5.32 Å². The monoisotopic (exact) mass is 316 g/mol. The van der Waals surface area contributed by atoms with Crippen LogP contribution in [-0.2, 0) is 21.2 Å². The van der Waals surface area contributed by atoms with Crippen LogP contribution in [0.25, 0.3) is 0 Å². The summed E-state index contributed by atoms with van der Waals surface area (Å²) < 4.78 is 22.6. The van der Waals surface area contributed by atoms with Crippen molar-refractivity contribution in [3.8, 4) is 0 Å². The van der Waals surface area contributed by atoms with Crippen molar-refractivity contribution in [2.24, 2.45) is 5.73 Å². The minimum Gasteiger partial charge on any atom is -0.351 e. The van der Waals surface area contributed by atoms with Gasteiger partial charge in [0.2, 0.25) is 5.91 Å². The number of hydrogen-bond donors (Lipinski definition) is 2. The van der Waals surface area contributed by atoms with Crippen molar-refractivity contribution >= 4 is 27.5 Å². The third kappa shape index (κ3) is 5.52. The molecule has 1 aromatic carbocycles. The summed E-state index contributed by atoms with van der Waals surface area (Å²) in [6.45, 7) is 0.343. The van der Waals surface area contributed by atoms with Crippen molar-refractivity contribution < 1.29 is 13.2 Å². The largest absolute Gasteiger partial charge is 0.351 e. The van der Waals surface area contributed by atoms with E-state index in [9.17, 15) is 13.2 Å². The van der Waals surface area contributed by atoms with Gasteiger partial charge in [0.15, 0.2) is 9.84 Å². The van der Waals surface area contributed by atoms with E-state index in [4.69, 9.17) is 5.73 Å². The average Bonchev–Trinajstić information content (AvgIpc) is 2.41. The molecule has 0 aromatic heterocycles. The molecule has 0 saturated carbocycles. The van der Waals surface area contributed by atoms with Crippen molar-refractivity contribution in [3.05, 3.63) is 29.8 Å². The number of sulfone groups is 1. The first-order valence-corrected chi connectivity index (χ1v) is 9.44. The van der Waals surface area contributed by atoms with E-state index in [1.165, 1.54) is 12.1 Å². The molecule has 112 valence electrons. The van der Waals surface area contributed by atoms with E-state index in [0.29, 0.717) is 13.0 Å². The smallest absolute Gasteiger partial charge is 0.237 e. The van der Waals surface area contributed by atoms with E-state index in [2.05, 4.69) is 5.32 Å². The van der Waals surface area contributed by atoms with Gasteiger partial charge in [-0.2, -0.15) is 11.8 Å². The van der Waals surface area contributed by atoms with E-state index in [1.807, 2.05) is 6.26 Å². The standard InChI is InChI=1S/C13H20N2O3S2/c1-19-8-7-12(14)13(16)15-9-10-3-5-11(6-4-10)20(2,17)18/h3-6,12H,7-9,14H2,1-2H3,(H,15,16)/t12-/m0/s1. The number of benzene rings is 1. The molecule has 5 nitrogen and oxygen atoms in total. The Hall–Kier alpha value is -1.05. The molecular weight excluding hydrogens is 296 g/mol. The highest BCUT2D eigenvalue weighted by Crippen LogP contribution is 2.10. The van der Waals surface area contributed by atoms with Gasteiger partial charge in [-0.05, 0) is 36.1 Å². The second kappa shape index (κ2) is 7.66. The van der Waals surface area contributed by atoms with Gasteiger partial charge in [-0.1, -0.05) is 12.1 Å². The maximum Gasteiger partial charge on any atom is 0.237 e. The number of rotatable bonds is 7. The molecule has 0 radical (unpaired) electrons. The van der Waals surface area contributed by atoms with Crippen LogP contribution < -0.4 is 11.1 Å². The number of carbonyl (C=O) groups excluding carboxylic acids is 1. The molecule has 0 aliphatic heterocycles. The zero-order valence-electron chi connectivity index (χ0n) is 11.6. The summed E-state index contributed by atoms with van der Waals surface area (Å²) in [7, 11) is -3.18. The van der Waals surface area contributed by atoms with Gasteiger partial charge < -0.3 is 11.1 Å². The third-order valence-electron chi connectivity index (χ3n) is 2.79. The Labute approximate surface area is 124 Å². The van der Waals surface area contributed by atoms with E-state index in [-0.39, 0.29) is 10.8 Å². The molecule has 0 spiro atoms. The first-order valence-electron chi connectivity index (χ1n) is 6.16. The lowest BCUT2D eigenvalue weighted by Gasteiger charge is -2.11. The molecule has 3 N–H and O–H groups in total. The normalized spacial score (nSPS) is 12.9. The van der Waals surface area contributed by atoms with E-state index >= 15 is 0 Å². The Morgan fingerprint density at radius 1 is 1.35 bits per heavy atom. The van der Waals surface area contributed by atoms with Crippen molar-refractivity contribution in [3.63, 3.8) is 0 Å². The summed E-state index contributed by atoms with van der Waals surface area (Å²) in [6, 6.07) is 5.93. The van der Waals surface area contributed by atoms with E-state index in [0.717, 1.165) is 17.6 Å². The van der Waals surface area contributed by atoms with Crippen LogP contribution in [0.3, 0.4) is 0 Å². The maximum atomic E-state index is 11.7. The van der Waals surface area contributed by atoms with Gasteiger partial charge in [-0.15, -0.1) is 0 Å². The minimum absolute atomic E-state index is 0.189. The molecule has 0 unspecified atom stereocenters. The van der Waals surface area contributed by atoms with Gasteiger partial charge in [0.05, 0.1) is 10.9 Å². The summed E-state index contributed by atoms with van der Waals surface area (Å²) in [5, 5.41) is 2.74. The predicted molar refractivity (Wildman–Crippen MR) is 82.4 cm³/mol. The van der Waals surface area contributed by atoms with Crippen LogP contribution in [0, 0.1) is 0 Å². The maximum absolute atomic E-state index is 11.7. The Morgan fingerprint density at radius 2 is 1.95 bits per heavy atom. The highest BCUT2D eigenvalue weighted by Gasteiger charge is 2.12. The number of amides is 1.